The van der Waals surface area contributed by atoms with Crippen LogP contribution in [0.15, 0.2) is 35.7 Å². The van der Waals surface area contributed by atoms with Gasteiger partial charge >= 0.3 is 6.09 Å². The summed E-state index contributed by atoms with van der Waals surface area (Å²) in [6, 6.07) is 5.11. The van der Waals surface area contributed by atoms with E-state index in [1.54, 1.807) is 24.4 Å². The van der Waals surface area contributed by atoms with Crippen molar-refractivity contribution in [3.63, 3.8) is 0 Å². The van der Waals surface area contributed by atoms with Crippen molar-refractivity contribution >= 4 is 34.9 Å². The van der Waals surface area contributed by atoms with Gasteiger partial charge in [0.15, 0.2) is 5.78 Å². The van der Waals surface area contributed by atoms with Gasteiger partial charge in [0.25, 0.3) is 0 Å². The lowest BCUT2D eigenvalue weighted by Crippen LogP contribution is -2.43. The van der Waals surface area contributed by atoms with Crippen LogP contribution < -0.4 is 5.32 Å². The molecule has 104 valence electrons. The number of aliphatic hydroxyl groups is 1. The van der Waals surface area contributed by atoms with Gasteiger partial charge in [-0.1, -0.05) is 18.3 Å². The smallest absolute Gasteiger partial charge is 0.408 e. The third-order valence-electron chi connectivity index (χ3n) is 2.65. The highest BCUT2D eigenvalue weighted by molar-refractivity contribution is 7.81. The lowest BCUT2D eigenvalue weighted by molar-refractivity contribution is -0.116. The minimum atomic E-state index is -1.27. The molecule has 1 amide bonds. The molecule has 0 fully saturated rings. The first kappa shape index (κ1) is 13.9. The fourth-order valence-corrected chi connectivity index (χ4v) is 2.07. The van der Waals surface area contributed by atoms with E-state index >= 15 is 0 Å². The molecule has 1 aromatic rings. The lowest BCUT2D eigenvalue weighted by Gasteiger charge is -2.25. The van der Waals surface area contributed by atoms with E-state index in [1.807, 2.05) is 0 Å². The monoisotopic (exact) mass is 293 g/mol. The Labute approximate surface area is 119 Å². The van der Waals surface area contributed by atoms with Gasteiger partial charge in [0.05, 0.1) is 18.7 Å². The highest BCUT2D eigenvalue weighted by Crippen LogP contribution is 2.16. The quantitative estimate of drug-likeness (QED) is 0.704. The van der Waals surface area contributed by atoms with Crippen LogP contribution in [0.1, 0.15) is 0 Å². The molecule has 7 nitrogen and oxygen atoms in total. The molecule has 1 aliphatic rings. The number of hydrogen-bond acceptors (Lipinski definition) is 5. The first-order chi connectivity index (χ1) is 9.49. The Hall–Kier alpha value is -2.48. The number of hydrogen-bond donors (Lipinski definition) is 3. The third-order valence-corrected chi connectivity index (χ3v) is 2.95. The van der Waals surface area contributed by atoms with Crippen LogP contribution in [0.4, 0.5) is 10.6 Å². The number of carbonyl (C=O) groups excluding carboxylic acids is 1. The average Bonchev–Trinajstić information content (AvgIpc) is 2.38. The van der Waals surface area contributed by atoms with Gasteiger partial charge in [-0.25, -0.2) is 9.78 Å². The van der Waals surface area contributed by atoms with Crippen LogP contribution in [-0.2, 0) is 4.79 Å². The van der Waals surface area contributed by atoms with E-state index in [1.165, 1.54) is 0 Å². The number of nitrogens with one attached hydrogen (secondary N) is 1. The first-order valence-electron chi connectivity index (χ1n) is 5.64. The summed E-state index contributed by atoms with van der Waals surface area (Å²) in [5.74, 6) is -0.479. The summed E-state index contributed by atoms with van der Waals surface area (Å²) in [6.07, 6.45) is 0.279. The minimum absolute atomic E-state index is 0.0243. The van der Waals surface area contributed by atoms with Crippen molar-refractivity contribution in [3.8, 4) is 0 Å². The van der Waals surface area contributed by atoms with Crippen LogP contribution in [-0.4, -0.2) is 50.1 Å². The van der Waals surface area contributed by atoms with Gasteiger partial charge < -0.3 is 15.5 Å². The standard InChI is InChI=1S/C12H11N3O4S/c16-7-5-15(12(18)19)6-8(17)10(7)11(20)14-9-3-1-2-4-13-9/h1-4,16H,5-6H2,(H,18,19)(H,13,14,20). The molecule has 0 unspecified atom stereocenters. The van der Waals surface area contributed by atoms with Crippen molar-refractivity contribution in [3.05, 3.63) is 35.7 Å². The number of amides is 1. The van der Waals surface area contributed by atoms with Crippen LogP contribution >= 0.6 is 12.2 Å². The zero-order valence-electron chi connectivity index (χ0n) is 10.2. The summed E-state index contributed by atoms with van der Waals surface area (Å²) in [5.41, 5.74) is -0.0665. The number of Topliss-reactive ketones (excluding diaryl/α,β-unsaturated/α-hetero) is 1. The van der Waals surface area contributed by atoms with E-state index in [-0.39, 0.29) is 29.4 Å². The predicted octanol–water partition coefficient (Wildman–Crippen LogP) is 1.20. The maximum atomic E-state index is 11.9. The van der Waals surface area contributed by atoms with Gasteiger partial charge in [-0.2, -0.15) is 0 Å². The van der Waals surface area contributed by atoms with Crippen molar-refractivity contribution in [1.82, 2.24) is 9.88 Å². The van der Waals surface area contributed by atoms with Gasteiger partial charge in [0.2, 0.25) is 0 Å². The summed E-state index contributed by atoms with van der Waals surface area (Å²) in [4.78, 5) is 27.5. The summed E-state index contributed by atoms with van der Waals surface area (Å²) in [5, 5.41) is 21.4. The van der Waals surface area contributed by atoms with Crippen LogP contribution in [0, 0.1) is 0 Å². The number of nitrogens with zero attached hydrogens (tertiary/aromatic N) is 2. The number of ketones is 1. The number of anilines is 1. The maximum Gasteiger partial charge on any atom is 0.408 e. The van der Waals surface area contributed by atoms with Gasteiger partial charge in [-0.15, -0.1) is 0 Å². The van der Waals surface area contributed by atoms with Crippen LogP contribution in [0.3, 0.4) is 0 Å². The summed E-state index contributed by atoms with van der Waals surface area (Å²) in [6.45, 7) is -0.598. The molecule has 1 aliphatic heterocycles. The Bertz CT molecular complexity index is 600. The third kappa shape index (κ3) is 2.91. The Morgan fingerprint density at radius 3 is 2.70 bits per heavy atom. The average molecular weight is 293 g/mol. The van der Waals surface area contributed by atoms with Gasteiger partial charge in [-0.3, -0.25) is 9.69 Å². The van der Waals surface area contributed by atoms with Crippen molar-refractivity contribution in [2.45, 2.75) is 0 Å². The van der Waals surface area contributed by atoms with E-state index in [0.29, 0.717) is 5.82 Å². The molecule has 2 heterocycles. The van der Waals surface area contributed by atoms with Crippen molar-refractivity contribution < 1.29 is 19.8 Å². The molecular weight excluding hydrogens is 282 g/mol. The molecule has 0 atom stereocenters. The largest absolute Gasteiger partial charge is 0.510 e. The SMILES string of the molecule is O=C1CN(C(=O)O)CC(O)=C1C(=S)Nc1ccccn1. The Morgan fingerprint density at radius 2 is 2.15 bits per heavy atom. The molecule has 3 N–H and O–H groups in total. The maximum absolute atomic E-state index is 11.9. The van der Waals surface area contributed by atoms with Crippen molar-refractivity contribution in [2.75, 3.05) is 18.4 Å². The van der Waals surface area contributed by atoms with Crippen molar-refractivity contribution in [2.24, 2.45) is 0 Å². The summed E-state index contributed by atoms with van der Waals surface area (Å²) < 4.78 is 0. The van der Waals surface area contributed by atoms with Gasteiger partial charge in [-0.05, 0) is 12.1 Å². The van der Waals surface area contributed by atoms with Crippen LogP contribution in [0.5, 0.6) is 0 Å². The molecule has 0 radical (unpaired) electrons. The topological polar surface area (TPSA) is 103 Å². The number of thiocarbonyl (C=S) groups is 1. The number of pyridine rings is 1. The fourth-order valence-electron chi connectivity index (χ4n) is 1.74. The molecule has 20 heavy (non-hydrogen) atoms. The first-order valence-corrected chi connectivity index (χ1v) is 6.05. The van der Waals surface area contributed by atoms with Crippen LogP contribution in [0.25, 0.3) is 0 Å². The number of carboxylic acid groups (broad SMARTS) is 1. The number of rotatable bonds is 2. The molecule has 2 rings (SSSR count). The minimum Gasteiger partial charge on any atom is -0.510 e. The number of carbonyl (C=O) groups is 2. The van der Waals surface area contributed by atoms with Crippen LogP contribution in [0.2, 0.25) is 0 Å². The molecule has 1 aromatic heterocycles. The van der Waals surface area contributed by atoms with E-state index in [2.05, 4.69) is 10.3 Å². The van der Waals surface area contributed by atoms with Gasteiger partial charge in [0.1, 0.15) is 16.6 Å². The van der Waals surface area contributed by atoms with E-state index < -0.39 is 11.9 Å². The summed E-state index contributed by atoms with van der Waals surface area (Å²) >= 11 is 5.06. The molecule has 0 bridgehead atoms. The lowest BCUT2D eigenvalue weighted by atomic mass is 10.1. The number of aromatic nitrogens is 1. The molecular formula is C12H11N3O4S. The molecule has 0 saturated carbocycles. The Balaban J connectivity index is 2.19. The Morgan fingerprint density at radius 1 is 1.40 bits per heavy atom. The van der Waals surface area contributed by atoms with E-state index in [9.17, 15) is 14.7 Å². The molecule has 8 heteroatoms. The predicted molar refractivity (Wildman–Crippen MR) is 74.7 cm³/mol. The Kier molecular flexibility index (Phi) is 3.94. The second kappa shape index (κ2) is 5.66. The summed E-state index contributed by atoms with van der Waals surface area (Å²) in [7, 11) is 0. The molecule has 0 aromatic carbocycles. The normalized spacial score (nSPS) is 15.2. The second-order valence-corrected chi connectivity index (χ2v) is 4.46. The molecule has 0 spiro atoms. The van der Waals surface area contributed by atoms with E-state index in [4.69, 9.17) is 17.3 Å². The molecule has 0 saturated heterocycles. The second-order valence-electron chi connectivity index (χ2n) is 4.05. The van der Waals surface area contributed by atoms with Gasteiger partial charge in [0, 0.05) is 6.20 Å². The molecule has 0 aliphatic carbocycles. The van der Waals surface area contributed by atoms with E-state index in [0.717, 1.165) is 4.90 Å². The highest BCUT2D eigenvalue weighted by Gasteiger charge is 2.30. The fraction of sp³-hybridized carbons (Fsp3) is 0.167. The van der Waals surface area contributed by atoms with Crippen molar-refractivity contribution in [1.29, 1.82) is 0 Å². The zero-order valence-corrected chi connectivity index (χ0v) is 11.1. The number of aliphatic hydroxyl groups excluding tert-OH is 1. The highest BCUT2D eigenvalue weighted by atomic mass is 32.1. The zero-order chi connectivity index (χ0) is 14.7.